The molecular weight excluding hydrogens is 472 g/mol. The van der Waals surface area contributed by atoms with E-state index in [-0.39, 0.29) is 12.5 Å². The molecule has 9 nitrogen and oxygen atoms in total. The molecule has 3 aromatic rings. The zero-order valence-corrected chi connectivity index (χ0v) is 20.1. The van der Waals surface area contributed by atoms with Gasteiger partial charge < -0.3 is 26.0 Å². The van der Waals surface area contributed by atoms with Gasteiger partial charge in [-0.15, -0.1) is 0 Å². The number of aliphatic carboxylic acids is 1. The van der Waals surface area contributed by atoms with Crippen LogP contribution in [0.25, 0.3) is 0 Å². The Morgan fingerprint density at radius 2 is 1.62 bits per heavy atom. The van der Waals surface area contributed by atoms with E-state index in [1.54, 1.807) is 42.5 Å². The molecule has 1 atom stereocenters. The third kappa shape index (κ3) is 6.94. The lowest BCUT2D eigenvalue weighted by atomic mass is 10.0. The maximum atomic E-state index is 13.0. The fourth-order valence-corrected chi connectivity index (χ4v) is 4.26. The third-order valence-electron chi connectivity index (χ3n) is 6.06. The summed E-state index contributed by atoms with van der Waals surface area (Å²) in [5, 5.41) is 17.5. The van der Waals surface area contributed by atoms with Crippen molar-refractivity contribution in [1.82, 2.24) is 10.6 Å². The molecule has 190 valence electrons. The lowest BCUT2D eigenvalue weighted by Gasteiger charge is -2.20. The highest BCUT2D eigenvalue weighted by Crippen LogP contribution is 2.31. The highest BCUT2D eigenvalue weighted by atomic mass is 16.4. The van der Waals surface area contributed by atoms with Gasteiger partial charge in [0.1, 0.15) is 6.42 Å². The second-order valence-electron chi connectivity index (χ2n) is 8.74. The van der Waals surface area contributed by atoms with E-state index < -0.39 is 30.2 Å². The van der Waals surface area contributed by atoms with Crippen LogP contribution in [0.2, 0.25) is 0 Å². The maximum Gasteiger partial charge on any atom is 0.319 e. The molecule has 0 radical (unpaired) electrons. The standard InChI is InChI=1S/C28H28N4O5/c33-25(31-23(16-27(35)36)20-9-5-2-6-10-20)17-26(34)32-14-13-21-11-12-22(15-24(21)32)30-28(37)29-18-19-7-3-1-4-8-19/h1-12,15,23H,13-14,16-18H2,(H,31,33)(H,35,36)(H2,29,30,37). The number of hydrogen-bond donors (Lipinski definition) is 4. The molecule has 0 spiro atoms. The topological polar surface area (TPSA) is 128 Å². The predicted octanol–water partition coefficient (Wildman–Crippen LogP) is 3.62. The molecule has 4 N–H and O–H groups in total. The van der Waals surface area contributed by atoms with E-state index in [1.807, 2.05) is 36.4 Å². The molecule has 1 unspecified atom stereocenters. The highest BCUT2D eigenvalue weighted by Gasteiger charge is 2.27. The van der Waals surface area contributed by atoms with Crippen molar-refractivity contribution in [2.75, 3.05) is 16.8 Å². The van der Waals surface area contributed by atoms with Gasteiger partial charge in [-0.1, -0.05) is 66.7 Å². The normalized spacial score (nSPS) is 12.8. The van der Waals surface area contributed by atoms with E-state index in [4.69, 9.17) is 0 Å². The van der Waals surface area contributed by atoms with Crippen LogP contribution >= 0.6 is 0 Å². The monoisotopic (exact) mass is 500 g/mol. The molecule has 1 aliphatic heterocycles. The van der Waals surface area contributed by atoms with Crippen molar-refractivity contribution in [2.24, 2.45) is 0 Å². The number of urea groups is 1. The molecule has 1 heterocycles. The number of anilines is 2. The summed E-state index contributed by atoms with van der Waals surface area (Å²) in [7, 11) is 0. The number of benzene rings is 3. The van der Waals surface area contributed by atoms with Gasteiger partial charge in [0, 0.05) is 24.5 Å². The van der Waals surface area contributed by atoms with Gasteiger partial charge >= 0.3 is 12.0 Å². The van der Waals surface area contributed by atoms with Crippen LogP contribution in [0.15, 0.2) is 78.9 Å². The molecule has 0 bridgehead atoms. The van der Waals surface area contributed by atoms with Gasteiger partial charge in [0.05, 0.1) is 12.5 Å². The van der Waals surface area contributed by atoms with E-state index in [0.717, 1.165) is 11.1 Å². The van der Waals surface area contributed by atoms with E-state index in [1.165, 1.54) is 4.90 Å². The molecule has 4 amide bonds. The number of fused-ring (bicyclic) bond motifs is 1. The Kier molecular flexibility index (Phi) is 8.15. The second kappa shape index (κ2) is 11.9. The molecule has 0 aromatic heterocycles. The van der Waals surface area contributed by atoms with Crippen LogP contribution in [0, 0.1) is 0 Å². The van der Waals surface area contributed by atoms with Gasteiger partial charge in [-0.25, -0.2) is 4.79 Å². The van der Waals surface area contributed by atoms with Crippen molar-refractivity contribution in [3.05, 3.63) is 95.6 Å². The van der Waals surface area contributed by atoms with Crippen LogP contribution in [-0.4, -0.2) is 35.5 Å². The number of nitrogens with one attached hydrogen (secondary N) is 3. The van der Waals surface area contributed by atoms with Gasteiger partial charge in [0.15, 0.2) is 0 Å². The van der Waals surface area contributed by atoms with Crippen LogP contribution in [0.5, 0.6) is 0 Å². The smallest absolute Gasteiger partial charge is 0.319 e. The lowest BCUT2D eigenvalue weighted by molar-refractivity contribution is -0.137. The SMILES string of the molecule is O=C(O)CC(NC(=O)CC(=O)N1CCc2ccc(NC(=O)NCc3ccccc3)cc21)c1ccccc1. The first-order chi connectivity index (χ1) is 17.9. The molecule has 3 aromatic carbocycles. The highest BCUT2D eigenvalue weighted by molar-refractivity contribution is 6.06. The fourth-order valence-electron chi connectivity index (χ4n) is 4.26. The Morgan fingerprint density at radius 1 is 0.919 bits per heavy atom. The van der Waals surface area contributed by atoms with Crippen molar-refractivity contribution in [3.63, 3.8) is 0 Å². The molecule has 0 fully saturated rings. The predicted molar refractivity (Wildman–Crippen MR) is 139 cm³/mol. The van der Waals surface area contributed by atoms with E-state index in [0.29, 0.717) is 36.4 Å². The van der Waals surface area contributed by atoms with Crippen LogP contribution < -0.4 is 20.9 Å². The Balaban J connectivity index is 1.36. The Labute approximate surface area is 214 Å². The van der Waals surface area contributed by atoms with Gasteiger partial charge in [0.2, 0.25) is 11.8 Å². The summed E-state index contributed by atoms with van der Waals surface area (Å²) < 4.78 is 0. The van der Waals surface area contributed by atoms with Crippen LogP contribution in [0.1, 0.15) is 35.6 Å². The number of carboxylic acids is 1. The Hall–Kier alpha value is -4.66. The number of carbonyl (C=O) groups excluding carboxylic acids is 3. The van der Waals surface area contributed by atoms with E-state index in [2.05, 4.69) is 16.0 Å². The quantitative estimate of drug-likeness (QED) is 0.334. The van der Waals surface area contributed by atoms with Gasteiger partial charge in [-0.2, -0.15) is 0 Å². The first-order valence-electron chi connectivity index (χ1n) is 12.0. The fraction of sp³-hybridized carbons (Fsp3) is 0.214. The second-order valence-corrected chi connectivity index (χ2v) is 8.74. The number of nitrogens with zero attached hydrogens (tertiary/aromatic N) is 1. The molecule has 0 saturated carbocycles. The minimum Gasteiger partial charge on any atom is -0.481 e. The third-order valence-corrected chi connectivity index (χ3v) is 6.06. The number of carbonyl (C=O) groups is 4. The van der Waals surface area contributed by atoms with Crippen molar-refractivity contribution in [3.8, 4) is 0 Å². The van der Waals surface area contributed by atoms with Gasteiger partial charge in [-0.05, 0) is 35.2 Å². The molecule has 0 aliphatic carbocycles. The van der Waals surface area contributed by atoms with Crippen LogP contribution in [0.4, 0.5) is 16.2 Å². The molecule has 0 saturated heterocycles. The first kappa shape index (κ1) is 25.4. The lowest BCUT2D eigenvalue weighted by Crippen LogP contribution is -2.36. The first-order valence-corrected chi connectivity index (χ1v) is 12.0. The average Bonchev–Trinajstić information content (AvgIpc) is 3.31. The summed E-state index contributed by atoms with van der Waals surface area (Å²) in [6, 6.07) is 22.6. The summed E-state index contributed by atoms with van der Waals surface area (Å²) in [6.45, 7) is 0.797. The van der Waals surface area contributed by atoms with E-state index in [9.17, 15) is 24.3 Å². The average molecular weight is 501 g/mol. The Bertz CT molecular complexity index is 1280. The molecule has 9 heteroatoms. The number of carboxylic acid groups (broad SMARTS) is 1. The van der Waals surface area contributed by atoms with Gasteiger partial charge in [0.25, 0.3) is 0 Å². The van der Waals surface area contributed by atoms with Crippen molar-refractivity contribution in [2.45, 2.75) is 31.8 Å². The zero-order chi connectivity index (χ0) is 26.2. The summed E-state index contributed by atoms with van der Waals surface area (Å²) >= 11 is 0. The van der Waals surface area contributed by atoms with Crippen LogP contribution in [-0.2, 0) is 27.3 Å². The molecule has 1 aliphatic rings. The summed E-state index contributed by atoms with van der Waals surface area (Å²) in [6.07, 6.45) is -0.0791. The molecule has 4 rings (SSSR count). The summed E-state index contributed by atoms with van der Waals surface area (Å²) in [4.78, 5) is 50.8. The van der Waals surface area contributed by atoms with Gasteiger partial charge in [-0.3, -0.25) is 14.4 Å². The molecule has 37 heavy (non-hydrogen) atoms. The maximum absolute atomic E-state index is 13.0. The summed E-state index contributed by atoms with van der Waals surface area (Å²) in [5.74, 6) is -2.01. The minimum atomic E-state index is -1.05. The number of hydrogen-bond acceptors (Lipinski definition) is 4. The van der Waals surface area contributed by atoms with Crippen molar-refractivity contribution < 1.29 is 24.3 Å². The number of rotatable bonds is 9. The van der Waals surface area contributed by atoms with Crippen LogP contribution in [0.3, 0.4) is 0 Å². The summed E-state index contributed by atoms with van der Waals surface area (Å²) in [5.41, 5.74) is 3.73. The zero-order valence-electron chi connectivity index (χ0n) is 20.1. The van der Waals surface area contributed by atoms with Crippen molar-refractivity contribution >= 4 is 35.2 Å². The minimum absolute atomic E-state index is 0.294. The molecular formula is C28H28N4O5. The van der Waals surface area contributed by atoms with E-state index >= 15 is 0 Å². The Morgan fingerprint density at radius 3 is 2.32 bits per heavy atom. The van der Waals surface area contributed by atoms with Crippen molar-refractivity contribution in [1.29, 1.82) is 0 Å². The number of amides is 4. The largest absolute Gasteiger partial charge is 0.481 e.